The summed E-state index contributed by atoms with van der Waals surface area (Å²) in [5, 5.41) is 3.57. The van der Waals surface area contributed by atoms with Crippen molar-refractivity contribution < 1.29 is 9.59 Å². The largest absolute Gasteiger partial charge is 0.377 e. The minimum atomic E-state index is -0.0433. The zero-order valence-corrected chi connectivity index (χ0v) is 19.0. The third kappa shape index (κ3) is 5.04. The third-order valence-corrected chi connectivity index (χ3v) is 6.58. The Hall–Kier alpha value is -2.53. The van der Waals surface area contributed by atoms with Crippen molar-refractivity contribution >= 4 is 34.8 Å². The van der Waals surface area contributed by atoms with Crippen LogP contribution in [0.4, 0.5) is 11.4 Å². The van der Waals surface area contributed by atoms with Gasteiger partial charge in [0, 0.05) is 44.0 Å². The quantitative estimate of drug-likeness (QED) is 0.633. The van der Waals surface area contributed by atoms with Crippen molar-refractivity contribution in [2.45, 2.75) is 51.1 Å². The maximum atomic E-state index is 13.3. The second kappa shape index (κ2) is 9.31. The molecule has 0 saturated heterocycles. The topological polar surface area (TPSA) is 52.7 Å². The number of benzene rings is 2. The van der Waals surface area contributed by atoms with Gasteiger partial charge in [0.05, 0.1) is 10.6 Å². The first kappa shape index (κ1) is 21.7. The highest BCUT2D eigenvalue weighted by atomic mass is 35.5. The van der Waals surface area contributed by atoms with Gasteiger partial charge in [-0.2, -0.15) is 0 Å². The summed E-state index contributed by atoms with van der Waals surface area (Å²) >= 11 is 6.31. The summed E-state index contributed by atoms with van der Waals surface area (Å²) in [5.41, 5.74) is 3.38. The van der Waals surface area contributed by atoms with Crippen LogP contribution in [-0.4, -0.2) is 36.9 Å². The van der Waals surface area contributed by atoms with Crippen molar-refractivity contribution in [3.63, 3.8) is 0 Å². The summed E-state index contributed by atoms with van der Waals surface area (Å²) in [7, 11) is 3.99. The molecule has 0 bridgehead atoms. The lowest BCUT2D eigenvalue weighted by molar-refractivity contribution is -0.119. The minimum Gasteiger partial charge on any atom is -0.377 e. The number of hydrogen-bond donors (Lipinski definition) is 1. The van der Waals surface area contributed by atoms with E-state index in [0.717, 1.165) is 55.5 Å². The molecule has 0 aliphatic heterocycles. The molecule has 6 heteroatoms. The van der Waals surface area contributed by atoms with Gasteiger partial charge in [-0.3, -0.25) is 9.59 Å². The summed E-state index contributed by atoms with van der Waals surface area (Å²) in [4.78, 5) is 29.9. The smallest absolute Gasteiger partial charge is 0.255 e. The van der Waals surface area contributed by atoms with E-state index >= 15 is 0 Å². The Morgan fingerprint density at radius 2 is 1.74 bits per heavy atom. The molecule has 0 aromatic heterocycles. The van der Waals surface area contributed by atoms with E-state index in [4.69, 9.17) is 11.6 Å². The Labute approximate surface area is 189 Å². The number of anilines is 2. The maximum absolute atomic E-state index is 13.3. The van der Waals surface area contributed by atoms with Gasteiger partial charge in [-0.15, -0.1) is 0 Å². The van der Waals surface area contributed by atoms with Gasteiger partial charge in [0.2, 0.25) is 5.91 Å². The molecule has 2 fully saturated rings. The maximum Gasteiger partial charge on any atom is 0.255 e. The van der Waals surface area contributed by atoms with E-state index in [1.54, 1.807) is 12.1 Å². The average molecular weight is 440 g/mol. The number of nitrogens with one attached hydrogen (secondary N) is 1. The van der Waals surface area contributed by atoms with Gasteiger partial charge in [0.15, 0.2) is 0 Å². The van der Waals surface area contributed by atoms with Crippen LogP contribution in [0.1, 0.15) is 54.4 Å². The van der Waals surface area contributed by atoms with E-state index in [9.17, 15) is 9.59 Å². The molecule has 164 valence electrons. The van der Waals surface area contributed by atoms with Crippen LogP contribution >= 0.6 is 11.6 Å². The number of hydrogen-bond acceptors (Lipinski definition) is 3. The first-order chi connectivity index (χ1) is 14.9. The standard InChI is InChI=1S/C25H30ClN3O2/c1-28(2)23-14-11-19(27-24(30)17-7-3-4-8-17)15-18(23)16-29(20-12-13-20)25(31)21-9-5-6-10-22(21)26/h5-6,9-11,14-15,17,20H,3-4,7-8,12-13,16H2,1-2H3,(H,27,30). The number of carbonyl (C=O) groups excluding carboxylic acids is 2. The summed E-state index contributed by atoms with van der Waals surface area (Å²) < 4.78 is 0. The van der Waals surface area contributed by atoms with E-state index in [1.807, 2.05) is 54.2 Å². The number of carbonyl (C=O) groups is 2. The van der Waals surface area contributed by atoms with Gasteiger partial charge in [-0.1, -0.05) is 36.6 Å². The molecule has 0 atom stereocenters. The molecule has 0 spiro atoms. The van der Waals surface area contributed by atoms with Crippen molar-refractivity contribution in [1.82, 2.24) is 4.90 Å². The van der Waals surface area contributed by atoms with E-state index < -0.39 is 0 Å². The lowest BCUT2D eigenvalue weighted by Gasteiger charge is -2.27. The second-order valence-corrected chi connectivity index (χ2v) is 9.26. The van der Waals surface area contributed by atoms with Crippen molar-refractivity contribution in [3.05, 3.63) is 58.6 Å². The summed E-state index contributed by atoms with van der Waals surface area (Å²) in [6.07, 6.45) is 6.20. The fourth-order valence-corrected chi connectivity index (χ4v) is 4.60. The zero-order chi connectivity index (χ0) is 22.0. The monoisotopic (exact) mass is 439 g/mol. The molecule has 4 rings (SSSR count). The van der Waals surface area contributed by atoms with Gasteiger partial charge >= 0.3 is 0 Å². The number of halogens is 1. The number of rotatable bonds is 7. The summed E-state index contributed by atoms with van der Waals surface area (Å²) in [6.45, 7) is 0.482. The Balaban J connectivity index is 1.59. The molecule has 1 N–H and O–H groups in total. The van der Waals surface area contributed by atoms with Gasteiger partial charge in [-0.05, 0) is 61.6 Å². The van der Waals surface area contributed by atoms with Crippen LogP contribution in [0.2, 0.25) is 5.02 Å². The molecule has 2 amide bonds. The lowest BCUT2D eigenvalue weighted by atomic mass is 10.1. The molecular weight excluding hydrogens is 410 g/mol. The van der Waals surface area contributed by atoms with Crippen LogP contribution in [0.25, 0.3) is 0 Å². The van der Waals surface area contributed by atoms with Crippen LogP contribution in [0.3, 0.4) is 0 Å². The van der Waals surface area contributed by atoms with Crippen LogP contribution < -0.4 is 10.2 Å². The SMILES string of the molecule is CN(C)c1ccc(NC(=O)C2CCCC2)cc1CN(C(=O)c1ccccc1Cl)C1CC1. The summed E-state index contributed by atoms with van der Waals surface area (Å²) in [6, 6.07) is 13.4. The highest BCUT2D eigenvalue weighted by Gasteiger charge is 2.34. The second-order valence-electron chi connectivity index (χ2n) is 8.85. The fraction of sp³-hybridized carbons (Fsp3) is 0.440. The normalized spacial score (nSPS) is 16.2. The van der Waals surface area contributed by atoms with Gasteiger partial charge in [-0.25, -0.2) is 0 Å². The molecule has 0 heterocycles. The zero-order valence-electron chi connectivity index (χ0n) is 18.2. The molecule has 0 unspecified atom stereocenters. The number of amides is 2. The molecule has 31 heavy (non-hydrogen) atoms. The van der Waals surface area contributed by atoms with Crippen molar-refractivity contribution in [1.29, 1.82) is 0 Å². The van der Waals surface area contributed by atoms with E-state index in [1.165, 1.54) is 0 Å². The van der Waals surface area contributed by atoms with Crippen LogP contribution in [0, 0.1) is 5.92 Å². The van der Waals surface area contributed by atoms with E-state index in [0.29, 0.717) is 17.1 Å². The molecular formula is C25H30ClN3O2. The Bertz CT molecular complexity index is 965. The van der Waals surface area contributed by atoms with E-state index in [-0.39, 0.29) is 23.8 Å². The fourth-order valence-electron chi connectivity index (χ4n) is 4.38. The lowest BCUT2D eigenvalue weighted by Crippen LogP contribution is -2.33. The predicted molar refractivity (Wildman–Crippen MR) is 126 cm³/mol. The molecule has 5 nitrogen and oxygen atoms in total. The predicted octanol–water partition coefficient (Wildman–Crippen LogP) is 5.34. The van der Waals surface area contributed by atoms with Gasteiger partial charge < -0.3 is 15.1 Å². The number of nitrogens with zero attached hydrogens (tertiary/aromatic N) is 2. The van der Waals surface area contributed by atoms with Gasteiger partial charge in [0.1, 0.15) is 0 Å². The molecule has 2 saturated carbocycles. The van der Waals surface area contributed by atoms with E-state index in [2.05, 4.69) is 5.32 Å². The van der Waals surface area contributed by atoms with Gasteiger partial charge in [0.25, 0.3) is 5.91 Å². The highest BCUT2D eigenvalue weighted by Crippen LogP contribution is 2.34. The first-order valence-electron chi connectivity index (χ1n) is 11.1. The molecule has 2 aromatic rings. The van der Waals surface area contributed by atoms with Crippen LogP contribution in [0.15, 0.2) is 42.5 Å². The first-order valence-corrected chi connectivity index (χ1v) is 11.5. The van der Waals surface area contributed by atoms with Crippen molar-refractivity contribution in [2.75, 3.05) is 24.3 Å². The molecule has 2 aromatic carbocycles. The minimum absolute atomic E-state index is 0.0433. The molecule has 2 aliphatic carbocycles. The van der Waals surface area contributed by atoms with Crippen molar-refractivity contribution in [3.8, 4) is 0 Å². The Morgan fingerprint density at radius 3 is 2.39 bits per heavy atom. The van der Waals surface area contributed by atoms with Crippen LogP contribution in [-0.2, 0) is 11.3 Å². The summed E-state index contributed by atoms with van der Waals surface area (Å²) in [5.74, 6) is 0.173. The Morgan fingerprint density at radius 1 is 1.03 bits per heavy atom. The average Bonchev–Trinajstić information content (AvgIpc) is 3.43. The van der Waals surface area contributed by atoms with Crippen molar-refractivity contribution in [2.24, 2.45) is 5.92 Å². The molecule has 0 radical (unpaired) electrons. The molecule has 2 aliphatic rings. The Kier molecular flexibility index (Phi) is 6.51. The van der Waals surface area contributed by atoms with Crippen LogP contribution in [0.5, 0.6) is 0 Å². The highest BCUT2D eigenvalue weighted by molar-refractivity contribution is 6.33. The third-order valence-electron chi connectivity index (χ3n) is 6.25.